The van der Waals surface area contributed by atoms with Crippen molar-refractivity contribution < 1.29 is 31.9 Å². The minimum absolute atomic E-state index is 0.0487. The van der Waals surface area contributed by atoms with Gasteiger partial charge in [0.05, 0.1) is 17.4 Å². The maximum Gasteiger partial charge on any atom is 0.416 e. The van der Waals surface area contributed by atoms with Gasteiger partial charge in [0.25, 0.3) is 5.66 Å². The first-order valence-corrected chi connectivity index (χ1v) is 14.8. The van der Waals surface area contributed by atoms with Gasteiger partial charge in [0.15, 0.2) is 0 Å². The lowest BCUT2D eigenvalue weighted by Crippen LogP contribution is -2.35. The molecule has 0 aliphatic carbocycles. The van der Waals surface area contributed by atoms with Crippen molar-refractivity contribution in [3.05, 3.63) is 89.3 Å². The van der Waals surface area contributed by atoms with Crippen LogP contribution >= 0.6 is 9.24 Å². The molecule has 1 unspecified atom stereocenters. The zero-order chi connectivity index (χ0) is 32.6. The van der Waals surface area contributed by atoms with Crippen molar-refractivity contribution in [1.29, 1.82) is 0 Å². The molecular formula is C33H37F5N3O2P. The van der Waals surface area contributed by atoms with Crippen molar-refractivity contribution in [1.82, 2.24) is 4.98 Å². The van der Waals surface area contributed by atoms with E-state index in [4.69, 9.17) is 4.98 Å². The quantitative estimate of drug-likeness (QED) is 0.189. The number of carboxylic acid groups (broad SMARTS) is 1. The molecule has 0 spiro atoms. The topological polar surface area (TPSA) is 56.7 Å². The maximum atomic E-state index is 14.3. The van der Waals surface area contributed by atoms with Crippen LogP contribution in [0.1, 0.15) is 55.4 Å². The number of carbonyl (C=O) groups is 1. The summed E-state index contributed by atoms with van der Waals surface area (Å²) in [6, 6.07) is 12.2. The smallest absolute Gasteiger partial charge is 0.416 e. The van der Waals surface area contributed by atoms with Gasteiger partial charge in [-0.25, -0.2) is 4.98 Å². The van der Waals surface area contributed by atoms with Gasteiger partial charge >= 0.3 is 12.1 Å². The minimum Gasteiger partial charge on any atom is -0.481 e. The van der Waals surface area contributed by atoms with E-state index >= 15 is 0 Å². The Balaban J connectivity index is 1.75. The SMILES string of the molecule is C=C(N(C)c1cnc(N2CCC(CC(=O)O)CC2)cc1-c1ccccc1C)C(C)(C)c1cc(C(F)(F)F)cc(C(F)(F)P)c1. The number of aromatic nitrogens is 1. The van der Waals surface area contributed by atoms with Crippen LogP contribution in [0.5, 0.6) is 0 Å². The first-order chi connectivity index (χ1) is 20.4. The van der Waals surface area contributed by atoms with Gasteiger partial charge in [0, 0.05) is 48.8 Å². The number of nitrogens with zero attached hydrogens (tertiary/aromatic N) is 3. The van der Waals surface area contributed by atoms with Gasteiger partial charge in [-0.15, -0.1) is 0 Å². The summed E-state index contributed by atoms with van der Waals surface area (Å²) in [6.07, 6.45) is -1.53. The molecule has 2 heterocycles. The van der Waals surface area contributed by atoms with Gasteiger partial charge < -0.3 is 14.9 Å². The molecule has 1 aromatic heterocycles. The molecule has 44 heavy (non-hydrogen) atoms. The van der Waals surface area contributed by atoms with Crippen LogP contribution in [0, 0.1) is 12.8 Å². The van der Waals surface area contributed by atoms with Gasteiger partial charge in [-0.05, 0) is 66.6 Å². The molecule has 0 saturated carbocycles. The number of carboxylic acids is 1. The van der Waals surface area contributed by atoms with Crippen LogP contribution in [0.25, 0.3) is 11.1 Å². The van der Waals surface area contributed by atoms with Crippen molar-refractivity contribution in [2.75, 3.05) is 29.9 Å². The summed E-state index contributed by atoms with van der Waals surface area (Å²) in [4.78, 5) is 19.8. The number of halogens is 5. The fraction of sp³-hybridized carbons (Fsp3) is 0.394. The highest BCUT2D eigenvalue weighted by Crippen LogP contribution is 2.44. The largest absolute Gasteiger partial charge is 0.481 e. The van der Waals surface area contributed by atoms with Gasteiger partial charge in [0.2, 0.25) is 0 Å². The number of anilines is 2. The monoisotopic (exact) mass is 633 g/mol. The number of hydrogen-bond acceptors (Lipinski definition) is 4. The Morgan fingerprint density at radius 1 is 1.02 bits per heavy atom. The molecule has 0 radical (unpaired) electrons. The van der Waals surface area contributed by atoms with E-state index in [-0.39, 0.29) is 17.9 Å². The van der Waals surface area contributed by atoms with Crippen molar-refractivity contribution in [2.24, 2.45) is 5.92 Å². The predicted molar refractivity (Wildman–Crippen MR) is 167 cm³/mol. The van der Waals surface area contributed by atoms with Crippen LogP contribution in [-0.4, -0.2) is 36.2 Å². The summed E-state index contributed by atoms with van der Waals surface area (Å²) in [5, 5.41) is 9.17. The summed E-state index contributed by atoms with van der Waals surface area (Å²) in [5.41, 5.74) is -2.84. The standard InChI is InChI=1S/C33H37F5N3O2P/c1-20-8-6-7-9-26(20)27-18-29(41-12-10-22(11-13-41)14-30(42)43)39-19-28(27)40(5)21(2)31(3,4)23-15-24(32(34,35)36)17-25(16-23)33(37,38)44/h6-9,15-19,22H,2,10-14,44H2,1,3-5H3,(H,42,43). The number of alkyl halides is 5. The van der Waals surface area contributed by atoms with Crippen molar-refractivity contribution in [2.45, 2.75) is 57.3 Å². The Morgan fingerprint density at radius 3 is 2.18 bits per heavy atom. The molecule has 5 nitrogen and oxygen atoms in total. The molecule has 4 rings (SSSR count). The van der Waals surface area contributed by atoms with Crippen LogP contribution in [0.15, 0.2) is 67.0 Å². The van der Waals surface area contributed by atoms with Crippen LogP contribution < -0.4 is 9.80 Å². The predicted octanol–water partition coefficient (Wildman–Crippen LogP) is 8.62. The van der Waals surface area contributed by atoms with E-state index in [1.54, 1.807) is 32.0 Å². The normalized spacial score (nSPS) is 14.9. The molecule has 1 N–H and O–H groups in total. The highest BCUT2D eigenvalue weighted by atomic mass is 31.0. The number of likely N-dealkylation sites (N-methyl/N-ethyl adjacent to an activating group) is 1. The molecule has 2 aromatic carbocycles. The first kappa shape index (κ1) is 33.4. The number of pyridine rings is 1. The van der Waals surface area contributed by atoms with E-state index in [0.717, 1.165) is 47.5 Å². The summed E-state index contributed by atoms with van der Waals surface area (Å²) < 4.78 is 69.9. The van der Waals surface area contributed by atoms with E-state index in [9.17, 15) is 31.9 Å². The molecule has 1 atom stereocenters. The minimum atomic E-state index is -4.82. The van der Waals surface area contributed by atoms with Crippen LogP contribution in [0.4, 0.5) is 33.5 Å². The number of aryl methyl sites for hydroxylation is 1. The zero-order valence-electron chi connectivity index (χ0n) is 25.2. The second kappa shape index (κ2) is 12.5. The lowest BCUT2D eigenvalue weighted by Gasteiger charge is -2.37. The van der Waals surface area contributed by atoms with Crippen molar-refractivity contribution >= 4 is 26.7 Å². The highest BCUT2D eigenvalue weighted by molar-refractivity contribution is 7.17. The van der Waals surface area contributed by atoms with Gasteiger partial charge in [0.1, 0.15) is 5.82 Å². The lowest BCUT2D eigenvalue weighted by molar-refractivity contribution is -0.139. The van der Waals surface area contributed by atoms with E-state index in [1.807, 2.05) is 37.3 Å². The Labute approximate surface area is 257 Å². The Bertz CT molecular complexity index is 1510. The first-order valence-electron chi connectivity index (χ1n) is 14.3. The van der Waals surface area contributed by atoms with E-state index in [2.05, 4.69) is 11.5 Å². The maximum absolute atomic E-state index is 14.3. The Hall–Kier alpha value is -3.52. The van der Waals surface area contributed by atoms with Gasteiger partial charge in [-0.2, -0.15) is 22.0 Å². The van der Waals surface area contributed by atoms with Gasteiger partial charge in [-0.3, -0.25) is 4.79 Å². The lowest BCUT2D eigenvalue weighted by atomic mass is 9.79. The molecule has 3 aromatic rings. The molecule has 236 valence electrons. The third-order valence-corrected chi connectivity index (χ3v) is 8.89. The number of allylic oxidation sites excluding steroid dienone is 1. The fourth-order valence-electron chi connectivity index (χ4n) is 5.66. The molecule has 0 bridgehead atoms. The van der Waals surface area contributed by atoms with Crippen molar-refractivity contribution in [3.63, 3.8) is 0 Å². The average molecular weight is 634 g/mol. The molecule has 1 aliphatic rings. The summed E-state index contributed by atoms with van der Waals surface area (Å²) in [5.74, 6) is 0.0324. The number of aliphatic carboxylic acids is 1. The van der Waals surface area contributed by atoms with E-state index < -0.39 is 34.4 Å². The van der Waals surface area contributed by atoms with Crippen LogP contribution in [-0.2, 0) is 22.0 Å². The molecular weight excluding hydrogens is 596 g/mol. The molecule has 1 fully saturated rings. The summed E-state index contributed by atoms with van der Waals surface area (Å²) in [7, 11) is 3.04. The number of benzene rings is 2. The average Bonchev–Trinajstić information content (AvgIpc) is 2.95. The zero-order valence-corrected chi connectivity index (χ0v) is 26.3. The second-order valence-electron chi connectivity index (χ2n) is 12.0. The fourth-order valence-corrected chi connectivity index (χ4v) is 5.82. The Morgan fingerprint density at radius 2 is 1.61 bits per heavy atom. The molecule has 1 aliphatic heterocycles. The van der Waals surface area contributed by atoms with Gasteiger partial charge in [-0.1, -0.05) is 53.9 Å². The number of piperidine rings is 1. The van der Waals surface area contributed by atoms with Crippen LogP contribution in [0.3, 0.4) is 0 Å². The third kappa shape index (κ3) is 7.23. The van der Waals surface area contributed by atoms with Crippen LogP contribution in [0.2, 0.25) is 0 Å². The highest BCUT2D eigenvalue weighted by Gasteiger charge is 2.38. The molecule has 11 heteroatoms. The second-order valence-corrected chi connectivity index (χ2v) is 12.7. The number of rotatable bonds is 9. The van der Waals surface area contributed by atoms with Crippen molar-refractivity contribution in [3.8, 4) is 11.1 Å². The van der Waals surface area contributed by atoms with E-state index in [0.29, 0.717) is 30.5 Å². The number of hydrogen-bond donors (Lipinski definition) is 1. The van der Waals surface area contributed by atoms with E-state index in [1.165, 1.54) is 9.24 Å². The molecule has 1 saturated heterocycles. The summed E-state index contributed by atoms with van der Waals surface area (Å²) >= 11 is 0. The summed E-state index contributed by atoms with van der Waals surface area (Å²) in [6.45, 7) is 10.8. The molecule has 0 amide bonds. The third-order valence-electron chi connectivity index (χ3n) is 8.56. The Kier molecular flexibility index (Phi) is 9.46.